The molecule has 0 heterocycles. The van der Waals surface area contributed by atoms with Gasteiger partial charge in [-0.2, -0.15) is 0 Å². The Balaban J connectivity index is 3.05. The zero-order chi connectivity index (χ0) is 14.5. The minimum absolute atomic E-state index is 0.0394. The first-order chi connectivity index (χ1) is 8.91. The van der Waals surface area contributed by atoms with E-state index in [1.807, 2.05) is 12.1 Å². The third-order valence-electron chi connectivity index (χ3n) is 3.27. The lowest BCUT2D eigenvalue weighted by molar-refractivity contribution is 0.230. The van der Waals surface area contributed by atoms with Gasteiger partial charge in [-0.15, -0.1) is 0 Å². The van der Waals surface area contributed by atoms with Crippen LogP contribution in [0.2, 0.25) is 5.04 Å². The predicted molar refractivity (Wildman–Crippen MR) is 81.3 cm³/mol. The van der Waals surface area contributed by atoms with Gasteiger partial charge in [-0.1, -0.05) is 39.8 Å². The average Bonchev–Trinajstić information content (AvgIpc) is 2.38. The molecule has 0 saturated heterocycles. The van der Waals surface area contributed by atoms with Crippen molar-refractivity contribution in [3.8, 4) is 5.75 Å². The maximum absolute atomic E-state index is 5.83. The molecule has 0 saturated carbocycles. The van der Waals surface area contributed by atoms with Crippen LogP contribution in [-0.4, -0.2) is 29.4 Å². The fraction of sp³-hybridized carbons (Fsp3) is 0.600. The highest BCUT2D eigenvalue weighted by molar-refractivity contribution is 6.83. The zero-order valence-corrected chi connectivity index (χ0v) is 13.9. The molecule has 4 heteroatoms. The van der Waals surface area contributed by atoms with Gasteiger partial charge in [0.05, 0.1) is 6.61 Å². The van der Waals surface area contributed by atoms with Gasteiger partial charge in [0, 0.05) is 19.3 Å². The Bertz CT molecular complexity index is 377. The number of rotatable bonds is 6. The van der Waals surface area contributed by atoms with Crippen LogP contribution in [0.3, 0.4) is 0 Å². The van der Waals surface area contributed by atoms with Crippen LogP contribution in [-0.2, 0) is 8.85 Å². The topological polar surface area (TPSA) is 27.7 Å². The van der Waals surface area contributed by atoms with Crippen LogP contribution in [0.15, 0.2) is 24.3 Å². The number of ether oxygens (including phenoxy) is 1. The third kappa shape index (κ3) is 3.38. The largest absolute Gasteiger partial charge is 0.494 e. The summed E-state index contributed by atoms with van der Waals surface area (Å²) in [6.45, 7) is 9.33. The van der Waals surface area contributed by atoms with Crippen molar-refractivity contribution in [2.75, 3.05) is 20.8 Å². The highest BCUT2D eigenvalue weighted by Gasteiger charge is 2.49. The van der Waals surface area contributed by atoms with Crippen molar-refractivity contribution >= 4 is 13.7 Å². The molecule has 1 aromatic rings. The second-order valence-electron chi connectivity index (χ2n) is 5.65. The summed E-state index contributed by atoms with van der Waals surface area (Å²) in [6.07, 6.45) is 1.01. The van der Waals surface area contributed by atoms with E-state index in [1.165, 1.54) is 0 Å². The Morgan fingerprint density at radius 1 is 1.00 bits per heavy atom. The molecule has 1 aromatic carbocycles. The van der Waals surface area contributed by atoms with Gasteiger partial charge in [-0.25, -0.2) is 0 Å². The number of hydrogen-bond acceptors (Lipinski definition) is 3. The molecule has 0 aliphatic heterocycles. The molecular formula is C15H26O3Si. The molecular weight excluding hydrogens is 256 g/mol. The summed E-state index contributed by atoms with van der Waals surface area (Å²) < 4.78 is 17.3. The summed E-state index contributed by atoms with van der Waals surface area (Å²) in [4.78, 5) is 0. The van der Waals surface area contributed by atoms with Crippen molar-refractivity contribution in [2.45, 2.75) is 39.2 Å². The molecule has 0 radical (unpaired) electrons. The molecule has 0 aliphatic carbocycles. The molecule has 0 spiro atoms. The van der Waals surface area contributed by atoms with E-state index in [4.69, 9.17) is 13.6 Å². The minimum atomic E-state index is -2.43. The van der Waals surface area contributed by atoms with Crippen molar-refractivity contribution in [3.63, 3.8) is 0 Å². The fourth-order valence-electron chi connectivity index (χ4n) is 2.35. The SMILES string of the molecule is CCCOc1ccc([Si](OC)(OC)C(C)(C)C)cc1. The van der Waals surface area contributed by atoms with E-state index < -0.39 is 8.56 Å². The smallest absolute Gasteiger partial charge is 0.377 e. The maximum Gasteiger partial charge on any atom is 0.377 e. The van der Waals surface area contributed by atoms with Crippen LogP contribution < -0.4 is 9.92 Å². The van der Waals surface area contributed by atoms with Crippen LogP contribution in [0, 0.1) is 0 Å². The Morgan fingerprint density at radius 2 is 1.53 bits per heavy atom. The average molecular weight is 282 g/mol. The molecule has 3 nitrogen and oxygen atoms in total. The van der Waals surface area contributed by atoms with E-state index in [-0.39, 0.29) is 5.04 Å². The van der Waals surface area contributed by atoms with E-state index in [9.17, 15) is 0 Å². The van der Waals surface area contributed by atoms with E-state index in [0.29, 0.717) is 0 Å². The molecule has 108 valence electrons. The standard InChI is InChI=1S/C15H26O3Si/c1-7-12-18-13-8-10-14(11-9-13)19(16-5,17-6)15(2,3)4/h8-11H,7,12H2,1-6H3. The monoisotopic (exact) mass is 282 g/mol. The first kappa shape index (κ1) is 16.2. The Hall–Kier alpha value is -0.843. The maximum atomic E-state index is 5.83. The van der Waals surface area contributed by atoms with E-state index in [1.54, 1.807) is 14.2 Å². The Kier molecular flexibility index (Phi) is 5.59. The second-order valence-corrected chi connectivity index (χ2v) is 9.77. The molecule has 0 aromatic heterocycles. The molecule has 0 fully saturated rings. The van der Waals surface area contributed by atoms with E-state index >= 15 is 0 Å². The Morgan fingerprint density at radius 3 is 1.89 bits per heavy atom. The highest BCUT2D eigenvalue weighted by Crippen LogP contribution is 2.36. The van der Waals surface area contributed by atoms with Crippen LogP contribution in [0.1, 0.15) is 34.1 Å². The number of hydrogen-bond donors (Lipinski definition) is 0. The molecule has 19 heavy (non-hydrogen) atoms. The van der Waals surface area contributed by atoms with Gasteiger partial charge < -0.3 is 13.6 Å². The molecule has 0 atom stereocenters. The van der Waals surface area contributed by atoms with Gasteiger partial charge in [-0.05, 0) is 23.7 Å². The van der Waals surface area contributed by atoms with Crippen LogP contribution >= 0.6 is 0 Å². The summed E-state index contributed by atoms with van der Waals surface area (Å²) in [5, 5.41) is 1.09. The summed E-state index contributed by atoms with van der Waals surface area (Å²) >= 11 is 0. The van der Waals surface area contributed by atoms with Crippen molar-refractivity contribution in [3.05, 3.63) is 24.3 Å². The molecule has 1 rings (SSSR count). The van der Waals surface area contributed by atoms with Gasteiger partial charge in [0.1, 0.15) is 5.75 Å². The van der Waals surface area contributed by atoms with Crippen molar-refractivity contribution in [1.29, 1.82) is 0 Å². The Labute approximate surface area is 118 Å². The summed E-state index contributed by atoms with van der Waals surface area (Å²) in [5.41, 5.74) is 0. The minimum Gasteiger partial charge on any atom is -0.494 e. The van der Waals surface area contributed by atoms with Gasteiger partial charge in [0.25, 0.3) is 0 Å². The molecule has 0 N–H and O–H groups in total. The third-order valence-corrected chi connectivity index (χ3v) is 7.49. The second kappa shape index (κ2) is 6.55. The van der Waals surface area contributed by atoms with Crippen molar-refractivity contribution in [1.82, 2.24) is 0 Å². The molecule has 0 aliphatic rings. The van der Waals surface area contributed by atoms with Crippen LogP contribution in [0.5, 0.6) is 5.75 Å². The lowest BCUT2D eigenvalue weighted by Crippen LogP contribution is -2.59. The molecule has 0 unspecified atom stereocenters. The summed E-state index contributed by atoms with van der Waals surface area (Å²) in [5.74, 6) is 0.898. The normalized spacial score (nSPS) is 12.5. The van der Waals surface area contributed by atoms with Crippen LogP contribution in [0.4, 0.5) is 0 Å². The van der Waals surface area contributed by atoms with Crippen molar-refractivity contribution < 1.29 is 13.6 Å². The first-order valence-electron chi connectivity index (χ1n) is 6.75. The molecule has 0 bridgehead atoms. The number of benzene rings is 1. The van der Waals surface area contributed by atoms with E-state index in [2.05, 4.69) is 39.8 Å². The quantitative estimate of drug-likeness (QED) is 0.750. The fourth-order valence-corrected chi connectivity index (χ4v) is 5.69. The predicted octanol–water partition coefficient (Wildman–Crippen LogP) is 3.22. The van der Waals surface area contributed by atoms with Crippen molar-refractivity contribution in [2.24, 2.45) is 0 Å². The lowest BCUT2D eigenvalue weighted by Gasteiger charge is -2.38. The van der Waals surface area contributed by atoms with Gasteiger partial charge in [0.2, 0.25) is 0 Å². The van der Waals surface area contributed by atoms with Gasteiger partial charge >= 0.3 is 8.56 Å². The van der Waals surface area contributed by atoms with Crippen LogP contribution in [0.25, 0.3) is 0 Å². The van der Waals surface area contributed by atoms with E-state index in [0.717, 1.165) is 24.0 Å². The lowest BCUT2D eigenvalue weighted by atomic mass is 10.2. The van der Waals surface area contributed by atoms with Gasteiger partial charge in [0.15, 0.2) is 0 Å². The first-order valence-corrected chi connectivity index (χ1v) is 8.56. The summed E-state index contributed by atoms with van der Waals surface area (Å²) in [7, 11) is 1.05. The highest BCUT2D eigenvalue weighted by atomic mass is 28.4. The van der Waals surface area contributed by atoms with Gasteiger partial charge in [-0.3, -0.25) is 0 Å². The summed E-state index contributed by atoms with van der Waals surface area (Å²) in [6, 6.07) is 8.12. The zero-order valence-electron chi connectivity index (χ0n) is 12.9. The molecule has 0 amide bonds.